The summed E-state index contributed by atoms with van der Waals surface area (Å²) in [5.74, 6) is 0.145. The van der Waals surface area contributed by atoms with Gasteiger partial charge in [-0.05, 0) is 36.2 Å². The van der Waals surface area contributed by atoms with Crippen molar-refractivity contribution in [2.75, 3.05) is 0 Å². The molecule has 1 aromatic carbocycles. The van der Waals surface area contributed by atoms with Crippen LogP contribution in [0.5, 0.6) is 5.75 Å². The maximum absolute atomic E-state index is 12.2. The van der Waals surface area contributed by atoms with E-state index in [1.54, 1.807) is 18.3 Å². The number of phenolic OH excluding ortho intramolecular Hbond substituents is 1. The van der Waals surface area contributed by atoms with Crippen molar-refractivity contribution in [1.82, 2.24) is 14.5 Å². The minimum atomic E-state index is -0.282. The van der Waals surface area contributed by atoms with E-state index in [0.717, 1.165) is 5.56 Å². The molecule has 3 rings (SSSR count). The fourth-order valence-corrected chi connectivity index (χ4v) is 2.54. The summed E-state index contributed by atoms with van der Waals surface area (Å²) in [6.07, 6.45) is 2.25. The third kappa shape index (κ3) is 1.87. The highest BCUT2D eigenvalue weighted by Crippen LogP contribution is 2.24. The van der Waals surface area contributed by atoms with Crippen LogP contribution in [0.4, 0.5) is 0 Å². The lowest BCUT2D eigenvalue weighted by atomic mass is 10.2. The number of imidazole rings is 1. The smallest absolute Gasteiger partial charge is 0.332 e. The maximum Gasteiger partial charge on any atom is 0.332 e. The van der Waals surface area contributed by atoms with Crippen LogP contribution < -0.4 is 5.69 Å². The first kappa shape index (κ1) is 12.7. The molecule has 0 spiro atoms. The van der Waals surface area contributed by atoms with Crippen molar-refractivity contribution in [2.24, 2.45) is 0 Å². The first-order valence-electron chi connectivity index (χ1n) is 6.19. The number of aromatic amines is 1. The molecule has 2 heterocycles. The number of pyridine rings is 1. The largest absolute Gasteiger partial charge is 0.508 e. The van der Waals surface area contributed by atoms with Gasteiger partial charge in [-0.2, -0.15) is 0 Å². The molecule has 0 aliphatic rings. The Morgan fingerprint density at radius 2 is 2.05 bits per heavy atom. The van der Waals surface area contributed by atoms with Gasteiger partial charge in [0.1, 0.15) is 5.75 Å². The van der Waals surface area contributed by atoms with Crippen LogP contribution in [0.25, 0.3) is 16.9 Å². The van der Waals surface area contributed by atoms with Crippen LogP contribution in [0.3, 0.4) is 0 Å². The van der Waals surface area contributed by atoms with Crippen molar-refractivity contribution in [1.29, 1.82) is 0 Å². The molecule has 0 amide bonds. The Morgan fingerprint density at radius 3 is 2.70 bits per heavy atom. The van der Waals surface area contributed by atoms with Crippen LogP contribution in [0.2, 0.25) is 5.02 Å². The second-order valence-electron chi connectivity index (χ2n) is 4.42. The molecule has 0 aliphatic carbocycles. The van der Waals surface area contributed by atoms with Gasteiger partial charge in [0.05, 0.1) is 16.2 Å². The van der Waals surface area contributed by atoms with Crippen LogP contribution in [-0.4, -0.2) is 19.6 Å². The number of aryl methyl sites for hydroxylation is 1. The van der Waals surface area contributed by atoms with Crippen molar-refractivity contribution in [3.8, 4) is 11.4 Å². The summed E-state index contributed by atoms with van der Waals surface area (Å²) in [7, 11) is 0. The minimum Gasteiger partial charge on any atom is -0.508 e. The molecule has 6 heteroatoms. The number of benzene rings is 1. The van der Waals surface area contributed by atoms with E-state index < -0.39 is 0 Å². The predicted molar refractivity (Wildman–Crippen MR) is 77.7 cm³/mol. The number of nitrogens with zero attached hydrogens (tertiary/aromatic N) is 2. The second-order valence-corrected chi connectivity index (χ2v) is 4.83. The number of H-pyrrole nitrogens is 1. The Bertz CT molecular complexity index is 834. The van der Waals surface area contributed by atoms with E-state index in [4.69, 9.17) is 11.6 Å². The van der Waals surface area contributed by atoms with Gasteiger partial charge >= 0.3 is 5.69 Å². The van der Waals surface area contributed by atoms with Gasteiger partial charge in [-0.15, -0.1) is 0 Å². The van der Waals surface area contributed by atoms with Crippen LogP contribution >= 0.6 is 11.6 Å². The summed E-state index contributed by atoms with van der Waals surface area (Å²) in [5.41, 5.74) is 2.40. The third-order valence-corrected chi connectivity index (χ3v) is 3.55. The number of hydrogen-bond acceptors (Lipinski definition) is 3. The van der Waals surface area contributed by atoms with E-state index in [0.29, 0.717) is 28.3 Å². The van der Waals surface area contributed by atoms with E-state index in [9.17, 15) is 9.90 Å². The Kier molecular flexibility index (Phi) is 2.99. The quantitative estimate of drug-likeness (QED) is 0.762. The lowest BCUT2D eigenvalue weighted by molar-refractivity contribution is 0.475. The van der Waals surface area contributed by atoms with Crippen molar-refractivity contribution < 1.29 is 5.11 Å². The molecule has 0 saturated heterocycles. The predicted octanol–water partition coefficient (Wildman–Crippen LogP) is 2.64. The van der Waals surface area contributed by atoms with E-state index in [2.05, 4.69) is 9.97 Å². The first-order valence-corrected chi connectivity index (χ1v) is 6.57. The van der Waals surface area contributed by atoms with E-state index >= 15 is 0 Å². The molecule has 2 N–H and O–H groups in total. The SMILES string of the molecule is CCc1c(Cl)cnc2c1[nH]c(=O)n2-c1ccc(O)cc1. The van der Waals surface area contributed by atoms with Crippen molar-refractivity contribution in [3.63, 3.8) is 0 Å². The Balaban J connectivity index is 2.34. The molecule has 0 aliphatic heterocycles. The molecule has 0 fully saturated rings. The maximum atomic E-state index is 12.2. The van der Waals surface area contributed by atoms with Crippen LogP contribution in [0, 0.1) is 0 Å². The first-order chi connectivity index (χ1) is 9.61. The van der Waals surface area contributed by atoms with Crippen molar-refractivity contribution in [3.05, 3.63) is 51.5 Å². The van der Waals surface area contributed by atoms with E-state index in [1.165, 1.54) is 16.7 Å². The number of halogens is 1. The summed E-state index contributed by atoms with van der Waals surface area (Å²) in [6.45, 7) is 1.97. The highest BCUT2D eigenvalue weighted by atomic mass is 35.5. The fraction of sp³-hybridized carbons (Fsp3) is 0.143. The fourth-order valence-electron chi connectivity index (χ4n) is 2.26. The van der Waals surface area contributed by atoms with Crippen LogP contribution in [-0.2, 0) is 6.42 Å². The topological polar surface area (TPSA) is 70.9 Å². The number of nitrogens with one attached hydrogen (secondary N) is 1. The highest BCUT2D eigenvalue weighted by Gasteiger charge is 2.14. The van der Waals surface area contributed by atoms with Gasteiger partial charge in [-0.1, -0.05) is 18.5 Å². The summed E-state index contributed by atoms with van der Waals surface area (Å²) in [6, 6.07) is 6.37. The summed E-state index contributed by atoms with van der Waals surface area (Å²) in [4.78, 5) is 19.2. The Hall–Kier alpha value is -2.27. The number of phenols is 1. The lowest BCUT2D eigenvalue weighted by Crippen LogP contribution is -2.14. The number of rotatable bonds is 2. The Labute approximate surface area is 119 Å². The van der Waals surface area contributed by atoms with Gasteiger partial charge in [0, 0.05) is 6.20 Å². The summed E-state index contributed by atoms with van der Waals surface area (Å²) in [5, 5.41) is 9.87. The zero-order valence-electron chi connectivity index (χ0n) is 10.7. The summed E-state index contributed by atoms with van der Waals surface area (Å²) >= 11 is 6.10. The lowest BCUT2D eigenvalue weighted by Gasteiger charge is -2.05. The van der Waals surface area contributed by atoms with Gasteiger partial charge in [-0.25, -0.2) is 14.3 Å². The van der Waals surface area contributed by atoms with E-state index in [1.807, 2.05) is 6.92 Å². The second kappa shape index (κ2) is 4.68. The average Bonchev–Trinajstić information content (AvgIpc) is 2.76. The minimum absolute atomic E-state index is 0.145. The molecule has 3 aromatic rings. The molecule has 5 nitrogen and oxygen atoms in total. The Morgan fingerprint density at radius 1 is 1.35 bits per heavy atom. The summed E-state index contributed by atoms with van der Waals surface area (Å²) < 4.78 is 1.46. The van der Waals surface area contributed by atoms with Crippen LogP contribution in [0.1, 0.15) is 12.5 Å². The number of hydrogen-bond donors (Lipinski definition) is 2. The number of aromatic nitrogens is 3. The molecule has 0 atom stereocenters. The van der Waals surface area contributed by atoms with Gasteiger partial charge in [0.2, 0.25) is 0 Å². The van der Waals surface area contributed by atoms with Gasteiger partial charge < -0.3 is 10.1 Å². The van der Waals surface area contributed by atoms with Crippen molar-refractivity contribution in [2.45, 2.75) is 13.3 Å². The molecular formula is C14H12ClN3O2. The molecule has 0 radical (unpaired) electrons. The molecule has 20 heavy (non-hydrogen) atoms. The molecule has 2 aromatic heterocycles. The molecular weight excluding hydrogens is 278 g/mol. The third-order valence-electron chi connectivity index (χ3n) is 3.22. The molecule has 102 valence electrons. The van der Waals surface area contributed by atoms with Gasteiger partial charge in [0.25, 0.3) is 0 Å². The number of aromatic hydroxyl groups is 1. The standard InChI is InChI=1S/C14H12ClN3O2/c1-2-10-11(15)7-16-13-12(10)17-14(20)18(13)8-3-5-9(19)6-4-8/h3-7,19H,2H2,1H3,(H,17,20). The molecule has 0 saturated carbocycles. The van der Waals surface area contributed by atoms with Gasteiger partial charge in [-0.3, -0.25) is 0 Å². The number of fused-ring (bicyclic) bond motifs is 1. The highest BCUT2D eigenvalue weighted by molar-refractivity contribution is 6.32. The normalized spacial score (nSPS) is 11.1. The molecule has 0 bridgehead atoms. The molecule has 0 unspecified atom stereocenters. The van der Waals surface area contributed by atoms with E-state index in [-0.39, 0.29) is 11.4 Å². The zero-order chi connectivity index (χ0) is 14.3. The van der Waals surface area contributed by atoms with Crippen LogP contribution in [0.15, 0.2) is 35.3 Å². The monoisotopic (exact) mass is 289 g/mol. The van der Waals surface area contributed by atoms with Gasteiger partial charge in [0.15, 0.2) is 5.65 Å². The van der Waals surface area contributed by atoms with Crippen molar-refractivity contribution >= 4 is 22.8 Å². The average molecular weight is 290 g/mol. The zero-order valence-corrected chi connectivity index (χ0v) is 11.5.